The van der Waals surface area contributed by atoms with Crippen LogP contribution in [0.3, 0.4) is 0 Å². The Morgan fingerprint density at radius 3 is 2.75 bits per heavy atom. The summed E-state index contributed by atoms with van der Waals surface area (Å²) in [6.07, 6.45) is 9.76. The van der Waals surface area contributed by atoms with Crippen LogP contribution in [0.4, 0.5) is 0 Å². The zero-order chi connectivity index (χ0) is 11.3. The van der Waals surface area contributed by atoms with E-state index in [1.165, 1.54) is 32.1 Å². The SMILES string of the molecule is CCNCC1(Cc2ccco2)CCCCC1. The molecular weight excluding hydrogens is 198 g/mol. The van der Waals surface area contributed by atoms with Crippen molar-refractivity contribution in [2.24, 2.45) is 5.41 Å². The number of rotatable bonds is 5. The van der Waals surface area contributed by atoms with Gasteiger partial charge in [-0.3, -0.25) is 0 Å². The minimum atomic E-state index is 0.451. The van der Waals surface area contributed by atoms with Crippen molar-refractivity contribution < 1.29 is 4.42 Å². The monoisotopic (exact) mass is 221 g/mol. The van der Waals surface area contributed by atoms with E-state index in [2.05, 4.69) is 18.3 Å². The summed E-state index contributed by atoms with van der Waals surface area (Å²) in [5.41, 5.74) is 0.451. The summed E-state index contributed by atoms with van der Waals surface area (Å²) in [5, 5.41) is 3.53. The second-order valence-electron chi connectivity index (χ2n) is 5.10. The lowest BCUT2D eigenvalue weighted by Gasteiger charge is -2.37. The Hall–Kier alpha value is -0.760. The molecule has 1 aromatic rings. The summed E-state index contributed by atoms with van der Waals surface area (Å²) in [7, 11) is 0. The molecule has 0 saturated heterocycles. The van der Waals surface area contributed by atoms with Gasteiger partial charge in [0.05, 0.1) is 6.26 Å². The fraction of sp³-hybridized carbons (Fsp3) is 0.714. The third kappa shape index (κ3) is 2.88. The van der Waals surface area contributed by atoms with E-state index < -0.39 is 0 Å². The topological polar surface area (TPSA) is 25.2 Å². The smallest absolute Gasteiger partial charge is 0.104 e. The van der Waals surface area contributed by atoms with Crippen molar-refractivity contribution in [2.45, 2.75) is 45.4 Å². The molecule has 2 rings (SSSR count). The predicted molar refractivity (Wildman–Crippen MR) is 66.5 cm³/mol. The average Bonchev–Trinajstić information content (AvgIpc) is 2.80. The molecule has 1 aliphatic carbocycles. The fourth-order valence-corrected chi connectivity index (χ4v) is 2.89. The van der Waals surface area contributed by atoms with Crippen molar-refractivity contribution in [3.63, 3.8) is 0 Å². The standard InChI is InChI=1S/C14H23NO/c1-2-15-12-14(8-4-3-5-9-14)11-13-7-6-10-16-13/h6-7,10,15H,2-5,8-9,11-12H2,1H3. The van der Waals surface area contributed by atoms with E-state index in [4.69, 9.17) is 4.42 Å². The summed E-state index contributed by atoms with van der Waals surface area (Å²) >= 11 is 0. The first-order valence-electron chi connectivity index (χ1n) is 6.58. The summed E-state index contributed by atoms with van der Waals surface area (Å²) in [5.74, 6) is 1.15. The summed E-state index contributed by atoms with van der Waals surface area (Å²) < 4.78 is 5.51. The molecule has 1 fully saturated rings. The molecule has 0 bridgehead atoms. The third-order valence-corrected chi connectivity index (χ3v) is 3.79. The van der Waals surface area contributed by atoms with Crippen LogP contribution < -0.4 is 5.32 Å². The second kappa shape index (κ2) is 5.53. The molecule has 2 nitrogen and oxygen atoms in total. The van der Waals surface area contributed by atoms with Crippen molar-refractivity contribution in [1.82, 2.24) is 5.32 Å². The van der Waals surface area contributed by atoms with Crippen molar-refractivity contribution >= 4 is 0 Å². The van der Waals surface area contributed by atoms with Gasteiger partial charge in [0.25, 0.3) is 0 Å². The maximum absolute atomic E-state index is 5.51. The van der Waals surface area contributed by atoms with Gasteiger partial charge in [0, 0.05) is 13.0 Å². The lowest BCUT2D eigenvalue weighted by molar-refractivity contribution is 0.171. The van der Waals surface area contributed by atoms with Crippen LogP contribution in [-0.2, 0) is 6.42 Å². The quantitative estimate of drug-likeness (QED) is 0.824. The van der Waals surface area contributed by atoms with Crippen LogP contribution in [0, 0.1) is 5.41 Å². The lowest BCUT2D eigenvalue weighted by atomic mass is 9.71. The molecule has 1 heterocycles. The van der Waals surface area contributed by atoms with Crippen molar-refractivity contribution in [3.8, 4) is 0 Å². The molecule has 0 radical (unpaired) electrons. The van der Waals surface area contributed by atoms with Gasteiger partial charge in [0.15, 0.2) is 0 Å². The van der Waals surface area contributed by atoms with Gasteiger partial charge in [0.1, 0.15) is 5.76 Å². The van der Waals surface area contributed by atoms with Crippen LogP contribution in [0.15, 0.2) is 22.8 Å². The normalized spacial score (nSPS) is 19.8. The first-order valence-corrected chi connectivity index (χ1v) is 6.58. The Kier molecular flexibility index (Phi) is 4.05. The van der Waals surface area contributed by atoms with E-state index in [1.54, 1.807) is 6.26 Å². The van der Waals surface area contributed by atoms with Gasteiger partial charge in [-0.2, -0.15) is 0 Å². The molecule has 0 atom stereocenters. The van der Waals surface area contributed by atoms with E-state index in [-0.39, 0.29) is 0 Å². The molecule has 0 unspecified atom stereocenters. The van der Waals surface area contributed by atoms with E-state index in [0.29, 0.717) is 5.41 Å². The van der Waals surface area contributed by atoms with Gasteiger partial charge in [0.2, 0.25) is 0 Å². The molecular formula is C14H23NO. The van der Waals surface area contributed by atoms with E-state index >= 15 is 0 Å². The highest BCUT2D eigenvalue weighted by Crippen LogP contribution is 2.38. The van der Waals surface area contributed by atoms with Crippen LogP contribution in [0.2, 0.25) is 0 Å². The van der Waals surface area contributed by atoms with E-state index in [1.807, 2.05) is 6.07 Å². The number of nitrogens with one attached hydrogen (secondary N) is 1. The Morgan fingerprint density at radius 1 is 1.31 bits per heavy atom. The predicted octanol–water partition coefficient (Wildman–Crippen LogP) is 3.38. The molecule has 1 aromatic heterocycles. The lowest BCUT2D eigenvalue weighted by Crippen LogP contribution is -2.37. The number of furan rings is 1. The first-order chi connectivity index (χ1) is 7.85. The molecule has 0 amide bonds. The van der Waals surface area contributed by atoms with Gasteiger partial charge >= 0.3 is 0 Å². The highest BCUT2D eigenvalue weighted by atomic mass is 16.3. The molecule has 1 saturated carbocycles. The molecule has 90 valence electrons. The van der Waals surface area contributed by atoms with Crippen LogP contribution in [0.25, 0.3) is 0 Å². The van der Waals surface area contributed by atoms with Crippen LogP contribution in [0.5, 0.6) is 0 Å². The van der Waals surface area contributed by atoms with Gasteiger partial charge in [-0.25, -0.2) is 0 Å². The first kappa shape index (κ1) is 11.7. The minimum Gasteiger partial charge on any atom is -0.469 e. The van der Waals surface area contributed by atoms with Crippen LogP contribution in [-0.4, -0.2) is 13.1 Å². The van der Waals surface area contributed by atoms with Gasteiger partial charge in [-0.15, -0.1) is 0 Å². The molecule has 0 aromatic carbocycles. The Balaban J connectivity index is 2.01. The Morgan fingerprint density at radius 2 is 2.12 bits per heavy atom. The zero-order valence-electron chi connectivity index (χ0n) is 10.3. The molecule has 16 heavy (non-hydrogen) atoms. The maximum Gasteiger partial charge on any atom is 0.104 e. The fourth-order valence-electron chi connectivity index (χ4n) is 2.89. The molecule has 1 N–H and O–H groups in total. The minimum absolute atomic E-state index is 0.451. The molecule has 0 spiro atoms. The van der Waals surface area contributed by atoms with Crippen LogP contribution in [0.1, 0.15) is 44.8 Å². The number of hydrogen-bond acceptors (Lipinski definition) is 2. The third-order valence-electron chi connectivity index (χ3n) is 3.79. The summed E-state index contributed by atoms with van der Waals surface area (Å²) in [6.45, 7) is 4.40. The highest BCUT2D eigenvalue weighted by molar-refractivity contribution is 5.03. The second-order valence-corrected chi connectivity index (χ2v) is 5.10. The Bertz CT molecular complexity index is 286. The summed E-state index contributed by atoms with van der Waals surface area (Å²) in [4.78, 5) is 0. The molecule has 1 aliphatic rings. The van der Waals surface area contributed by atoms with E-state index in [0.717, 1.165) is 25.3 Å². The zero-order valence-corrected chi connectivity index (χ0v) is 10.3. The van der Waals surface area contributed by atoms with Crippen molar-refractivity contribution in [3.05, 3.63) is 24.2 Å². The maximum atomic E-state index is 5.51. The van der Waals surface area contributed by atoms with Crippen molar-refractivity contribution in [2.75, 3.05) is 13.1 Å². The van der Waals surface area contributed by atoms with Crippen molar-refractivity contribution in [1.29, 1.82) is 0 Å². The van der Waals surface area contributed by atoms with Crippen LogP contribution >= 0.6 is 0 Å². The Labute approximate surface area is 98.4 Å². The molecule has 0 aliphatic heterocycles. The largest absolute Gasteiger partial charge is 0.469 e. The number of hydrogen-bond donors (Lipinski definition) is 1. The van der Waals surface area contributed by atoms with E-state index in [9.17, 15) is 0 Å². The molecule has 2 heteroatoms. The van der Waals surface area contributed by atoms with Gasteiger partial charge < -0.3 is 9.73 Å². The van der Waals surface area contributed by atoms with Gasteiger partial charge in [-0.1, -0.05) is 26.2 Å². The summed E-state index contributed by atoms with van der Waals surface area (Å²) in [6, 6.07) is 4.11. The highest BCUT2D eigenvalue weighted by Gasteiger charge is 2.32. The van der Waals surface area contributed by atoms with Gasteiger partial charge in [-0.05, 0) is 36.9 Å². The average molecular weight is 221 g/mol.